The van der Waals surface area contributed by atoms with E-state index in [2.05, 4.69) is 28.7 Å². The molecule has 1 fully saturated rings. The van der Waals surface area contributed by atoms with Gasteiger partial charge in [0.2, 0.25) is 0 Å². The van der Waals surface area contributed by atoms with Gasteiger partial charge in [-0.1, -0.05) is 13.8 Å². The second-order valence-corrected chi connectivity index (χ2v) is 6.08. The standard InChI is InChI=1S/C16H22N4/c1-11(2)7-8-20(13-4-5-13)16-14-6-3-12(17)9-15(14)18-10-19-16/h3,6,9-11,13H,4-5,7-8,17H2,1-2H3. The molecule has 0 amide bonds. The highest BCUT2D eigenvalue weighted by Crippen LogP contribution is 2.34. The first-order chi connectivity index (χ1) is 9.65. The van der Waals surface area contributed by atoms with E-state index in [0.717, 1.165) is 29.0 Å². The van der Waals surface area contributed by atoms with Gasteiger partial charge in [-0.15, -0.1) is 0 Å². The van der Waals surface area contributed by atoms with Gasteiger partial charge in [0.1, 0.15) is 12.1 Å². The third-order valence-electron chi connectivity index (χ3n) is 3.85. The molecule has 3 rings (SSSR count). The Kier molecular flexibility index (Phi) is 3.47. The summed E-state index contributed by atoms with van der Waals surface area (Å²) < 4.78 is 0. The molecular formula is C16H22N4. The molecule has 0 atom stereocenters. The number of nitrogens with two attached hydrogens (primary N) is 1. The number of hydrogen-bond acceptors (Lipinski definition) is 4. The van der Waals surface area contributed by atoms with Crippen LogP contribution in [0.15, 0.2) is 24.5 Å². The van der Waals surface area contributed by atoms with Crippen LogP contribution < -0.4 is 10.6 Å². The first-order valence-corrected chi connectivity index (χ1v) is 7.42. The highest BCUT2D eigenvalue weighted by atomic mass is 15.2. The van der Waals surface area contributed by atoms with Crippen LogP contribution in [0, 0.1) is 5.92 Å². The molecule has 0 aliphatic heterocycles. The minimum atomic E-state index is 0.657. The Bertz CT molecular complexity index is 604. The van der Waals surface area contributed by atoms with Gasteiger partial charge in [-0.3, -0.25) is 0 Å². The van der Waals surface area contributed by atoms with E-state index >= 15 is 0 Å². The van der Waals surface area contributed by atoms with Crippen LogP contribution in [0.2, 0.25) is 0 Å². The number of nitrogen functional groups attached to an aromatic ring is 1. The molecule has 4 heteroatoms. The zero-order valence-electron chi connectivity index (χ0n) is 12.2. The topological polar surface area (TPSA) is 55.0 Å². The quantitative estimate of drug-likeness (QED) is 0.847. The lowest BCUT2D eigenvalue weighted by molar-refractivity contribution is 0.569. The molecule has 1 aliphatic carbocycles. The molecule has 0 bridgehead atoms. The maximum absolute atomic E-state index is 5.85. The second-order valence-electron chi connectivity index (χ2n) is 6.08. The van der Waals surface area contributed by atoms with Crippen molar-refractivity contribution in [1.82, 2.24) is 9.97 Å². The van der Waals surface area contributed by atoms with Crippen LogP contribution >= 0.6 is 0 Å². The summed E-state index contributed by atoms with van der Waals surface area (Å²) in [5.74, 6) is 1.78. The first-order valence-electron chi connectivity index (χ1n) is 7.42. The van der Waals surface area contributed by atoms with Crippen molar-refractivity contribution < 1.29 is 0 Å². The number of nitrogens with zero attached hydrogens (tertiary/aromatic N) is 3. The maximum atomic E-state index is 5.85. The summed E-state index contributed by atoms with van der Waals surface area (Å²) in [6.07, 6.45) is 5.40. The monoisotopic (exact) mass is 270 g/mol. The molecule has 1 aliphatic rings. The molecule has 0 radical (unpaired) electrons. The van der Waals surface area contributed by atoms with E-state index in [-0.39, 0.29) is 0 Å². The number of anilines is 2. The van der Waals surface area contributed by atoms with Crippen LogP contribution in [0.3, 0.4) is 0 Å². The number of fused-ring (bicyclic) bond motifs is 1. The number of aromatic nitrogens is 2. The lowest BCUT2D eigenvalue weighted by atomic mass is 10.1. The van der Waals surface area contributed by atoms with Crippen LogP contribution in [0.25, 0.3) is 10.9 Å². The number of hydrogen-bond donors (Lipinski definition) is 1. The van der Waals surface area contributed by atoms with Crippen LogP contribution in [-0.2, 0) is 0 Å². The van der Waals surface area contributed by atoms with E-state index in [9.17, 15) is 0 Å². The fourth-order valence-corrected chi connectivity index (χ4v) is 2.53. The molecule has 1 saturated carbocycles. The average molecular weight is 270 g/mol. The summed E-state index contributed by atoms with van der Waals surface area (Å²) in [6, 6.07) is 6.56. The lowest BCUT2D eigenvalue weighted by Crippen LogP contribution is -2.28. The van der Waals surface area contributed by atoms with Crippen molar-refractivity contribution in [3.63, 3.8) is 0 Å². The SMILES string of the molecule is CC(C)CCN(c1ncnc2cc(N)ccc12)C1CC1. The molecule has 20 heavy (non-hydrogen) atoms. The van der Waals surface area contributed by atoms with Crippen molar-refractivity contribution in [3.05, 3.63) is 24.5 Å². The van der Waals surface area contributed by atoms with E-state index in [1.807, 2.05) is 18.2 Å². The highest BCUT2D eigenvalue weighted by molar-refractivity contribution is 5.91. The molecule has 1 aromatic carbocycles. The summed E-state index contributed by atoms with van der Waals surface area (Å²) in [5.41, 5.74) is 7.53. The van der Waals surface area contributed by atoms with Gasteiger partial charge in [-0.25, -0.2) is 9.97 Å². The molecule has 0 unspecified atom stereocenters. The molecule has 4 nitrogen and oxygen atoms in total. The summed E-state index contributed by atoms with van der Waals surface area (Å²) in [7, 11) is 0. The van der Waals surface area contributed by atoms with E-state index in [0.29, 0.717) is 12.0 Å². The van der Waals surface area contributed by atoms with E-state index in [1.54, 1.807) is 6.33 Å². The summed E-state index contributed by atoms with van der Waals surface area (Å²) in [6.45, 7) is 5.60. The van der Waals surface area contributed by atoms with Gasteiger partial charge in [-0.05, 0) is 43.4 Å². The Hall–Kier alpha value is -1.84. The van der Waals surface area contributed by atoms with Gasteiger partial charge in [0.05, 0.1) is 5.52 Å². The molecule has 1 heterocycles. The van der Waals surface area contributed by atoms with E-state index in [4.69, 9.17) is 5.73 Å². The predicted octanol–water partition coefficient (Wildman–Crippen LogP) is 3.23. The van der Waals surface area contributed by atoms with E-state index < -0.39 is 0 Å². The normalized spacial score (nSPS) is 14.9. The predicted molar refractivity (Wildman–Crippen MR) is 83.8 cm³/mol. The minimum Gasteiger partial charge on any atom is -0.399 e. The summed E-state index contributed by atoms with van der Waals surface area (Å²) >= 11 is 0. The van der Waals surface area contributed by atoms with Gasteiger partial charge in [0, 0.05) is 23.7 Å². The first kappa shape index (κ1) is 13.2. The third kappa shape index (κ3) is 2.69. The molecule has 2 N–H and O–H groups in total. The van der Waals surface area contributed by atoms with Crippen molar-refractivity contribution in [3.8, 4) is 0 Å². The zero-order chi connectivity index (χ0) is 14.1. The lowest BCUT2D eigenvalue weighted by Gasteiger charge is -2.25. The Morgan fingerprint density at radius 1 is 1.30 bits per heavy atom. The third-order valence-corrected chi connectivity index (χ3v) is 3.85. The fourth-order valence-electron chi connectivity index (χ4n) is 2.53. The summed E-state index contributed by atoms with van der Waals surface area (Å²) in [5, 5.41) is 1.11. The van der Waals surface area contributed by atoms with Crippen LogP contribution in [-0.4, -0.2) is 22.6 Å². The van der Waals surface area contributed by atoms with Crippen LogP contribution in [0.5, 0.6) is 0 Å². The van der Waals surface area contributed by atoms with Crippen molar-refractivity contribution in [2.75, 3.05) is 17.2 Å². The molecule has 106 valence electrons. The van der Waals surface area contributed by atoms with Gasteiger partial charge in [0.25, 0.3) is 0 Å². The number of rotatable bonds is 5. The average Bonchev–Trinajstić information content (AvgIpc) is 3.23. The van der Waals surface area contributed by atoms with Gasteiger partial charge < -0.3 is 10.6 Å². The highest BCUT2D eigenvalue weighted by Gasteiger charge is 2.30. The van der Waals surface area contributed by atoms with Crippen molar-refractivity contribution in [1.29, 1.82) is 0 Å². The summed E-state index contributed by atoms with van der Waals surface area (Å²) in [4.78, 5) is 11.4. The maximum Gasteiger partial charge on any atom is 0.140 e. The number of benzene rings is 1. The van der Waals surface area contributed by atoms with Gasteiger partial charge >= 0.3 is 0 Å². The largest absolute Gasteiger partial charge is 0.399 e. The van der Waals surface area contributed by atoms with Gasteiger partial charge in [0.15, 0.2) is 0 Å². The molecule has 0 saturated heterocycles. The molecule has 0 spiro atoms. The Morgan fingerprint density at radius 2 is 2.10 bits per heavy atom. The fraction of sp³-hybridized carbons (Fsp3) is 0.500. The Balaban J connectivity index is 1.97. The molecule has 1 aromatic heterocycles. The minimum absolute atomic E-state index is 0.657. The molecule has 2 aromatic rings. The van der Waals surface area contributed by atoms with Crippen molar-refractivity contribution in [2.45, 2.75) is 39.2 Å². The van der Waals surface area contributed by atoms with Crippen molar-refractivity contribution in [2.24, 2.45) is 5.92 Å². The smallest absolute Gasteiger partial charge is 0.140 e. The van der Waals surface area contributed by atoms with E-state index in [1.165, 1.54) is 19.3 Å². The van der Waals surface area contributed by atoms with Gasteiger partial charge in [-0.2, -0.15) is 0 Å². The van der Waals surface area contributed by atoms with Crippen LogP contribution in [0.4, 0.5) is 11.5 Å². The van der Waals surface area contributed by atoms with Crippen molar-refractivity contribution >= 4 is 22.4 Å². The second kappa shape index (κ2) is 5.27. The molecular weight excluding hydrogens is 248 g/mol. The van der Waals surface area contributed by atoms with Crippen LogP contribution in [0.1, 0.15) is 33.1 Å². The zero-order valence-corrected chi connectivity index (χ0v) is 12.2. The Labute approximate surface area is 120 Å². The Morgan fingerprint density at radius 3 is 2.80 bits per heavy atom.